The molecule has 106 valence electrons. The number of ether oxygens (including phenoxy) is 1. The van der Waals surface area contributed by atoms with Crippen LogP contribution in [0.25, 0.3) is 10.8 Å². The number of benzene rings is 2. The average Bonchev–Trinajstić information content (AvgIpc) is 2.50. The Balaban J connectivity index is 1.75. The number of fused-ring (bicyclic) bond motifs is 1. The van der Waals surface area contributed by atoms with Crippen molar-refractivity contribution < 1.29 is 9.47 Å². The van der Waals surface area contributed by atoms with E-state index in [0.29, 0.717) is 18.1 Å². The lowest BCUT2D eigenvalue weighted by Crippen LogP contribution is -2.25. The highest BCUT2D eigenvalue weighted by Gasteiger charge is 2.05. The Morgan fingerprint density at radius 3 is 2.62 bits per heavy atom. The summed E-state index contributed by atoms with van der Waals surface area (Å²) in [5.41, 5.74) is 0.950. The molecule has 0 saturated carbocycles. The topological polar surface area (TPSA) is 36.2 Å². The summed E-state index contributed by atoms with van der Waals surface area (Å²) in [6.45, 7) is 0.510. The number of rotatable bonds is 4. The van der Waals surface area contributed by atoms with E-state index in [1.54, 1.807) is 12.3 Å². The molecule has 0 saturated heterocycles. The molecule has 0 radical (unpaired) electrons. The molecule has 1 aromatic heterocycles. The average molecular weight is 300 g/mol. The fraction of sp³-hybridized carbons (Fsp3) is 0.118. The molecule has 0 aliphatic rings. The van der Waals surface area contributed by atoms with E-state index in [1.807, 2.05) is 42.5 Å². The molecule has 3 rings (SSSR count). The number of hydrogen-bond donors (Lipinski definition) is 0. The number of pyridine rings is 1. The van der Waals surface area contributed by atoms with E-state index >= 15 is 0 Å². The zero-order valence-electron chi connectivity index (χ0n) is 11.3. The van der Waals surface area contributed by atoms with Crippen LogP contribution in [0.15, 0.2) is 60.9 Å². The predicted molar refractivity (Wildman–Crippen MR) is 83.6 cm³/mol. The zero-order valence-corrected chi connectivity index (χ0v) is 12.1. The van der Waals surface area contributed by atoms with Crippen LogP contribution in [0, 0.1) is 5.21 Å². The van der Waals surface area contributed by atoms with Crippen LogP contribution in [-0.4, -0.2) is 6.61 Å². The Hall–Kier alpha value is -2.26. The largest absolute Gasteiger partial charge is 0.619 e. The summed E-state index contributed by atoms with van der Waals surface area (Å²) in [5, 5.41) is 13.9. The maximum Gasteiger partial charge on any atom is 0.183 e. The Labute approximate surface area is 127 Å². The molecule has 3 nitrogen and oxygen atoms in total. The molecule has 0 unspecified atom stereocenters. The number of aromatic nitrogens is 1. The first-order valence-corrected chi connectivity index (χ1v) is 7.09. The molecular weight excluding hydrogens is 286 g/mol. The van der Waals surface area contributed by atoms with Crippen LogP contribution in [0.4, 0.5) is 0 Å². The van der Waals surface area contributed by atoms with Crippen LogP contribution < -0.4 is 9.47 Å². The lowest BCUT2D eigenvalue weighted by molar-refractivity contribution is -0.605. The number of nitrogens with zero attached hydrogens (tertiary/aromatic N) is 1. The van der Waals surface area contributed by atoms with Gasteiger partial charge in [-0.3, -0.25) is 0 Å². The predicted octanol–water partition coefficient (Wildman–Crippen LogP) is 3.75. The third-order valence-electron chi connectivity index (χ3n) is 3.32. The quantitative estimate of drug-likeness (QED) is 0.543. The van der Waals surface area contributed by atoms with E-state index in [1.165, 1.54) is 6.20 Å². The molecule has 0 amide bonds. The normalized spacial score (nSPS) is 10.7. The number of hydrogen-bond acceptors (Lipinski definition) is 2. The van der Waals surface area contributed by atoms with Gasteiger partial charge in [-0.1, -0.05) is 35.9 Å². The maximum absolute atomic E-state index is 11.2. The van der Waals surface area contributed by atoms with Gasteiger partial charge in [-0.2, -0.15) is 4.73 Å². The fourth-order valence-corrected chi connectivity index (χ4v) is 2.52. The Kier molecular flexibility index (Phi) is 3.93. The van der Waals surface area contributed by atoms with Gasteiger partial charge in [-0.25, -0.2) is 0 Å². The summed E-state index contributed by atoms with van der Waals surface area (Å²) >= 11 is 6.18. The van der Waals surface area contributed by atoms with E-state index in [0.717, 1.165) is 26.8 Å². The monoisotopic (exact) mass is 299 g/mol. The smallest absolute Gasteiger partial charge is 0.183 e. The van der Waals surface area contributed by atoms with Crippen LogP contribution in [0.3, 0.4) is 0 Å². The van der Waals surface area contributed by atoms with Crippen molar-refractivity contribution in [1.82, 2.24) is 0 Å². The summed E-state index contributed by atoms with van der Waals surface area (Å²) in [4.78, 5) is 0. The maximum atomic E-state index is 11.2. The molecule has 0 aliphatic heterocycles. The van der Waals surface area contributed by atoms with Crippen molar-refractivity contribution in [2.75, 3.05) is 6.61 Å². The standard InChI is InChI=1S/C17H14ClNO2/c18-16-7-8-17(15-6-2-1-5-14(15)16)21-11-9-13-4-3-10-19(20)12-13/h1-8,10,12H,9,11H2. The van der Waals surface area contributed by atoms with Crippen LogP contribution in [0.1, 0.15) is 5.56 Å². The van der Waals surface area contributed by atoms with Crippen LogP contribution in [0.2, 0.25) is 5.02 Å². The molecule has 21 heavy (non-hydrogen) atoms. The summed E-state index contributed by atoms with van der Waals surface area (Å²) in [5.74, 6) is 0.806. The molecule has 0 atom stereocenters. The molecule has 1 heterocycles. The lowest BCUT2D eigenvalue weighted by Gasteiger charge is -2.10. The Bertz CT molecular complexity index is 774. The van der Waals surface area contributed by atoms with Gasteiger partial charge in [-0.05, 0) is 18.2 Å². The van der Waals surface area contributed by atoms with Gasteiger partial charge < -0.3 is 9.94 Å². The van der Waals surface area contributed by atoms with Gasteiger partial charge >= 0.3 is 0 Å². The Morgan fingerprint density at radius 1 is 1.00 bits per heavy atom. The van der Waals surface area contributed by atoms with Crippen LogP contribution in [-0.2, 0) is 6.42 Å². The van der Waals surface area contributed by atoms with Crippen molar-refractivity contribution >= 4 is 22.4 Å². The van der Waals surface area contributed by atoms with E-state index in [9.17, 15) is 5.21 Å². The summed E-state index contributed by atoms with van der Waals surface area (Å²) in [6, 6.07) is 15.2. The van der Waals surface area contributed by atoms with Gasteiger partial charge in [0.25, 0.3) is 0 Å². The van der Waals surface area contributed by atoms with Crippen LogP contribution in [0.5, 0.6) is 5.75 Å². The van der Waals surface area contributed by atoms with Gasteiger partial charge in [0.2, 0.25) is 0 Å². The molecule has 0 N–H and O–H groups in total. The van der Waals surface area contributed by atoms with E-state index in [2.05, 4.69) is 0 Å². The van der Waals surface area contributed by atoms with E-state index < -0.39 is 0 Å². The fourth-order valence-electron chi connectivity index (χ4n) is 2.29. The van der Waals surface area contributed by atoms with Crippen molar-refractivity contribution in [2.24, 2.45) is 0 Å². The summed E-state index contributed by atoms with van der Waals surface area (Å²) in [6.07, 6.45) is 3.71. The first-order valence-electron chi connectivity index (χ1n) is 6.72. The first-order chi connectivity index (χ1) is 10.2. The highest BCUT2D eigenvalue weighted by atomic mass is 35.5. The summed E-state index contributed by atoms with van der Waals surface area (Å²) < 4.78 is 6.65. The second kappa shape index (κ2) is 6.02. The molecule has 4 heteroatoms. The molecule has 3 aromatic rings. The first kappa shape index (κ1) is 13.7. The van der Waals surface area contributed by atoms with Crippen molar-refractivity contribution in [3.8, 4) is 5.75 Å². The van der Waals surface area contributed by atoms with Gasteiger partial charge in [0.1, 0.15) is 5.75 Å². The highest BCUT2D eigenvalue weighted by molar-refractivity contribution is 6.35. The molecule has 0 fully saturated rings. The number of halogens is 1. The third kappa shape index (κ3) is 3.09. The highest BCUT2D eigenvalue weighted by Crippen LogP contribution is 2.31. The van der Waals surface area contributed by atoms with E-state index in [-0.39, 0.29) is 0 Å². The lowest BCUT2D eigenvalue weighted by atomic mass is 10.1. The Morgan fingerprint density at radius 2 is 1.81 bits per heavy atom. The van der Waals surface area contributed by atoms with Crippen LogP contribution >= 0.6 is 11.6 Å². The van der Waals surface area contributed by atoms with Crippen molar-refractivity contribution in [1.29, 1.82) is 0 Å². The second-order valence-corrected chi connectivity index (χ2v) is 5.17. The zero-order chi connectivity index (χ0) is 14.7. The second-order valence-electron chi connectivity index (χ2n) is 4.76. The minimum absolute atomic E-state index is 0.510. The molecule has 0 aliphatic carbocycles. The minimum Gasteiger partial charge on any atom is -0.619 e. The van der Waals surface area contributed by atoms with Gasteiger partial charge in [0.05, 0.1) is 6.61 Å². The summed E-state index contributed by atoms with van der Waals surface area (Å²) in [7, 11) is 0. The molecular formula is C17H14ClNO2. The SMILES string of the molecule is [O-][n+]1cccc(CCOc2ccc(Cl)c3ccccc23)c1. The third-order valence-corrected chi connectivity index (χ3v) is 3.65. The molecule has 2 aromatic carbocycles. The van der Waals surface area contributed by atoms with Crippen molar-refractivity contribution in [3.05, 3.63) is 76.7 Å². The molecule has 0 bridgehead atoms. The molecule has 0 spiro atoms. The van der Waals surface area contributed by atoms with E-state index in [4.69, 9.17) is 16.3 Å². The van der Waals surface area contributed by atoms with Crippen molar-refractivity contribution in [2.45, 2.75) is 6.42 Å². The van der Waals surface area contributed by atoms with Gasteiger partial charge in [-0.15, -0.1) is 0 Å². The van der Waals surface area contributed by atoms with Gasteiger partial charge in [0, 0.05) is 33.8 Å². The van der Waals surface area contributed by atoms with Crippen molar-refractivity contribution in [3.63, 3.8) is 0 Å². The minimum atomic E-state index is 0.510. The van der Waals surface area contributed by atoms with Gasteiger partial charge in [0.15, 0.2) is 12.4 Å².